The van der Waals surface area contributed by atoms with Gasteiger partial charge in [-0.1, -0.05) is 72.8 Å². The van der Waals surface area contributed by atoms with Crippen molar-refractivity contribution in [2.75, 3.05) is 18.4 Å². The number of H-pyrrole nitrogens is 2. The molecule has 8 heteroatoms. The van der Waals surface area contributed by atoms with Crippen LogP contribution >= 0.6 is 0 Å². The van der Waals surface area contributed by atoms with Crippen LogP contribution < -0.4 is 27.1 Å². The van der Waals surface area contributed by atoms with Crippen LogP contribution in [-0.2, 0) is 26.4 Å². The number of fused-ring (bicyclic) bond motifs is 3. The van der Waals surface area contributed by atoms with E-state index in [9.17, 15) is 14.4 Å². The Bertz CT molecular complexity index is 2320. The number of rotatable bonds is 7. The van der Waals surface area contributed by atoms with Crippen LogP contribution in [0.4, 0.5) is 5.69 Å². The molecule has 3 heterocycles. The van der Waals surface area contributed by atoms with Gasteiger partial charge in [0.15, 0.2) is 0 Å². The number of amides is 1. The number of nitrogens with one attached hydrogen (secondary N) is 3. The van der Waals surface area contributed by atoms with Gasteiger partial charge in [0.1, 0.15) is 10.7 Å². The first-order valence-electron chi connectivity index (χ1n) is 15.8. The monoisotopic (exact) mass is 621 g/mol. The zero-order valence-electron chi connectivity index (χ0n) is 26.1. The molecular weight excluding hydrogens is 586 g/mol. The second-order valence-corrected chi connectivity index (χ2v) is 12.0. The molecular formula is C39H35N5O3. The number of benzene rings is 4. The molecule has 0 spiro atoms. The van der Waals surface area contributed by atoms with Crippen molar-refractivity contribution in [1.29, 1.82) is 0 Å². The quantitative estimate of drug-likeness (QED) is 0.250. The first-order chi connectivity index (χ1) is 22.9. The van der Waals surface area contributed by atoms with Gasteiger partial charge in [0.05, 0.1) is 0 Å². The fraction of sp³-hybridized carbons (Fsp3) is 0.154. The highest BCUT2D eigenvalue weighted by molar-refractivity contribution is 6.04. The Balaban J connectivity index is 0.969. The van der Waals surface area contributed by atoms with Crippen LogP contribution in [0.15, 0.2) is 113 Å². The smallest absolute Gasteiger partial charge is 0.274 e. The van der Waals surface area contributed by atoms with Crippen molar-refractivity contribution >= 4 is 34.6 Å². The topological polar surface area (TPSA) is 103 Å². The molecule has 3 N–H and O–H groups in total. The van der Waals surface area contributed by atoms with Gasteiger partial charge in [0.25, 0.3) is 17.0 Å². The Morgan fingerprint density at radius 3 is 2.34 bits per heavy atom. The Kier molecular flexibility index (Phi) is 8.25. The number of anilines is 1. The molecule has 1 aliphatic heterocycles. The summed E-state index contributed by atoms with van der Waals surface area (Å²) in [5.41, 5.74) is 7.26. The van der Waals surface area contributed by atoms with E-state index in [1.807, 2.05) is 42.5 Å². The van der Waals surface area contributed by atoms with Gasteiger partial charge in [0.2, 0.25) is 0 Å². The fourth-order valence-electron chi connectivity index (χ4n) is 6.23. The van der Waals surface area contributed by atoms with Crippen molar-refractivity contribution < 1.29 is 4.79 Å². The number of carbonyl (C=O) groups is 1. The SMILES string of the molecule is Cn1c(=O)c(=Cc2ccc(C(=O)Nc3ccc(CCN4CCc5c([nH]c6ccccc56)C4)cc3)cc2)[nH]c(=O)c1=Cc1ccccc1. The van der Waals surface area contributed by atoms with E-state index in [4.69, 9.17) is 0 Å². The van der Waals surface area contributed by atoms with Gasteiger partial charge >= 0.3 is 0 Å². The number of hydrogen-bond acceptors (Lipinski definition) is 4. The molecule has 0 bridgehead atoms. The van der Waals surface area contributed by atoms with E-state index in [2.05, 4.69) is 56.6 Å². The van der Waals surface area contributed by atoms with E-state index >= 15 is 0 Å². The molecule has 0 fully saturated rings. The maximum atomic E-state index is 13.0. The number of para-hydroxylation sites is 1. The first-order valence-corrected chi connectivity index (χ1v) is 15.8. The number of carbonyl (C=O) groups excluding carboxylic acids is 1. The van der Waals surface area contributed by atoms with Gasteiger partial charge in [-0.15, -0.1) is 0 Å². The summed E-state index contributed by atoms with van der Waals surface area (Å²) in [5.74, 6) is -0.225. The molecule has 6 aromatic rings. The van der Waals surface area contributed by atoms with Crippen molar-refractivity contribution in [3.05, 3.63) is 168 Å². The van der Waals surface area contributed by atoms with Crippen LogP contribution in [0.3, 0.4) is 0 Å². The van der Waals surface area contributed by atoms with Crippen LogP contribution in [0.2, 0.25) is 0 Å². The Labute approximate surface area is 271 Å². The summed E-state index contributed by atoms with van der Waals surface area (Å²) < 4.78 is 1.35. The standard InChI is InChI=1S/C39H35N5O3/c1-43-36(24-27-7-3-2-4-8-27)38(46)42-34(39(43)47)23-28-11-15-29(16-12-28)37(45)40-30-17-13-26(14-18-30)19-21-44-22-20-32-31-9-5-6-10-33(31)41-35(32)25-44/h2-18,23-24,41H,19-22,25H2,1H3,(H,40,45)(H,42,46). The predicted molar refractivity (Wildman–Crippen MR) is 187 cm³/mol. The molecule has 2 aromatic heterocycles. The molecule has 0 unspecified atom stereocenters. The summed E-state index contributed by atoms with van der Waals surface area (Å²) in [6, 6.07) is 32.8. The summed E-state index contributed by atoms with van der Waals surface area (Å²) in [6.07, 6.45) is 5.28. The normalized spacial score (nSPS) is 14.0. The zero-order chi connectivity index (χ0) is 32.3. The summed E-state index contributed by atoms with van der Waals surface area (Å²) in [5, 5.41) is 4.75. The fourth-order valence-corrected chi connectivity index (χ4v) is 6.23. The highest BCUT2D eigenvalue weighted by atomic mass is 16.2. The summed E-state index contributed by atoms with van der Waals surface area (Å²) >= 11 is 0. The van der Waals surface area contributed by atoms with Gasteiger partial charge in [0, 0.05) is 54.5 Å². The van der Waals surface area contributed by atoms with E-state index < -0.39 is 0 Å². The molecule has 1 amide bonds. The van der Waals surface area contributed by atoms with Gasteiger partial charge in [-0.3, -0.25) is 19.3 Å². The third-order valence-corrected chi connectivity index (χ3v) is 8.85. The van der Waals surface area contributed by atoms with E-state index in [0.29, 0.717) is 11.1 Å². The molecule has 0 radical (unpaired) electrons. The lowest BCUT2D eigenvalue weighted by molar-refractivity contribution is 0.102. The number of hydrogen-bond donors (Lipinski definition) is 3. The molecule has 1 aliphatic rings. The van der Waals surface area contributed by atoms with Crippen LogP contribution in [0.25, 0.3) is 23.1 Å². The minimum absolute atomic E-state index is 0.169. The molecule has 4 aromatic carbocycles. The second-order valence-electron chi connectivity index (χ2n) is 12.0. The van der Waals surface area contributed by atoms with Crippen molar-refractivity contribution in [2.45, 2.75) is 19.4 Å². The third kappa shape index (κ3) is 6.50. The average Bonchev–Trinajstić information content (AvgIpc) is 3.47. The summed E-state index contributed by atoms with van der Waals surface area (Å²) in [6.45, 7) is 2.96. The van der Waals surface area contributed by atoms with E-state index in [-0.39, 0.29) is 27.7 Å². The Morgan fingerprint density at radius 2 is 1.55 bits per heavy atom. The highest BCUT2D eigenvalue weighted by Crippen LogP contribution is 2.27. The molecule has 8 nitrogen and oxygen atoms in total. The minimum Gasteiger partial charge on any atom is -0.357 e. The minimum atomic E-state index is -0.361. The molecule has 0 saturated heterocycles. The highest BCUT2D eigenvalue weighted by Gasteiger charge is 2.20. The van der Waals surface area contributed by atoms with E-state index in [1.165, 1.54) is 32.3 Å². The molecule has 47 heavy (non-hydrogen) atoms. The largest absolute Gasteiger partial charge is 0.357 e. The molecule has 0 aliphatic carbocycles. The average molecular weight is 622 g/mol. The van der Waals surface area contributed by atoms with E-state index in [1.54, 1.807) is 43.5 Å². The molecule has 234 valence electrons. The lowest BCUT2D eigenvalue weighted by atomic mass is 10.0. The maximum absolute atomic E-state index is 13.0. The van der Waals surface area contributed by atoms with Crippen molar-refractivity contribution in [3.63, 3.8) is 0 Å². The van der Waals surface area contributed by atoms with Crippen LogP contribution in [-0.4, -0.2) is 38.4 Å². The van der Waals surface area contributed by atoms with Gasteiger partial charge < -0.3 is 19.9 Å². The number of aromatic amines is 2. The zero-order valence-corrected chi connectivity index (χ0v) is 26.1. The van der Waals surface area contributed by atoms with Crippen molar-refractivity contribution in [1.82, 2.24) is 19.4 Å². The van der Waals surface area contributed by atoms with Crippen LogP contribution in [0, 0.1) is 0 Å². The van der Waals surface area contributed by atoms with Crippen LogP contribution in [0.5, 0.6) is 0 Å². The summed E-state index contributed by atoms with van der Waals surface area (Å²) in [7, 11) is 1.58. The predicted octanol–water partition coefficient (Wildman–Crippen LogP) is 4.07. The second kappa shape index (κ2) is 12.9. The van der Waals surface area contributed by atoms with Crippen molar-refractivity contribution in [3.8, 4) is 0 Å². The van der Waals surface area contributed by atoms with Gasteiger partial charge in [-0.05, 0) is 77.6 Å². The van der Waals surface area contributed by atoms with Crippen LogP contribution in [0.1, 0.15) is 38.3 Å². The van der Waals surface area contributed by atoms with Crippen molar-refractivity contribution in [2.24, 2.45) is 7.05 Å². The molecule has 7 rings (SSSR count). The maximum Gasteiger partial charge on any atom is 0.274 e. The van der Waals surface area contributed by atoms with Gasteiger partial charge in [-0.2, -0.15) is 0 Å². The lowest BCUT2D eigenvalue weighted by Crippen LogP contribution is -2.52. The van der Waals surface area contributed by atoms with Gasteiger partial charge in [-0.25, -0.2) is 0 Å². The molecule has 0 saturated carbocycles. The first kappa shape index (κ1) is 30.0. The summed E-state index contributed by atoms with van der Waals surface area (Å²) in [4.78, 5) is 47.6. The third-order valence-electron chi connectivity index (χ3n) is 8.85. The molecule has 0 atom stereocenters. The van der Waals surface area contributed by atoms with E-state index in [0.717, 1.165) is 43.7 Å². The Morgan fingerprint density at radius 1 is 0.830 bits per heavy atom. The number of aromatic nitrogens is 3. The lowest BCUT2D eigenvalue weighted by Gasteiger charge is -2.27. The number of nitrogens with zero attached hydrogens (tertiary/aromatic N) is 2. The Hall–Kier alpha value is -5.73.